The number of hydrogen-bond donors (Lipinski definition) is 3. The van der Waals surface area contributed by atoms with Gasteiger partial charge in [0.15, 0.2) is 0 Å². The van der Waals surface area contributed by atoms with Crippen LogP contribution < -0.4 is 10.5 Å². The van der Waals surface area contributed by atoms with Crippen LogP contribution in [0.2, 0.25) is 0 Å². The second kappa shape index (κ2) is 6.43. The molecule has 1 unspecified atom stereocenters. The summed E-state index contributed by atoms with van der Waals surface area (Å²) in [6.45, 7) is 0. The van der Waals surface area contributed by atoms with Gasteiger partial charge in [0.2, 0.25) is 11.8 Å². The minimum absolute atomic E-state index is 0.0184. The number of aromatic hydroxyl groups is 1. The molecule has 6 heteroatoms. The summed E-state index contributed by atoms with van der Waals surface area (Å²) in [5.74, 6) is -0.0406. The first-order valence-electron chi connectivity index (χ1n) is 9.09. The quantitative estimate of drug-likeness (QED) is 0.484. The molecular weight excluding hydrogens is 364 g/mol. The van der Waals surface area contributed by atoms with Crippen molar-refractivity contribution in [2.45, 2.75) is 5.92 Å². The van der Waals surface area contributed by atoms with Crippen LogP contribution in [0.3, 0.4) is 0 Å². The number of nitrogens with zero attached hydrogens (tertiary/aromatic N) is 2. The van der Waals surface area contributed by atoms with Crippen LogP contribution in [-0.2, 0) is 0 Å². The summed E-state index contributed by atoms with van der Waals surface area (Å²) in [4.78, 5) is 0. The number of phenols is 1. The number of aromatic nitrogens is 2. The van der Waals surface area contributed by atoms with Crippen molar-refractivity contribution in [2.24, 2.45) is 5.73 Å². The van der Waals surface area contributed by atoms with Crippen molar-refractivity contribution < 1.29 is 9.84 Å². The van der Waals surface area contributed by atoms with Gasteiger partial charge in [0.25, 0.3) is 0 Å². The lowest BCUT2D eigenvalue weighted by Crippen LogP contribution is -2.20. The molecule has 5 rings (SSSR count). The van der Waals surface area contributed by atoms with Gasteiger partial charge in [-0.25, -0.2) is 0 Å². The van der Waals surface area contributed by atoms with Gasteiger partial charge >= 0.3 is 0 Å². The van der Waals surface area contributed by atoms with E-state index >= 15 is 0 Å². The number of hydrogen-bond acceptors (Lipinski definition) is 5. The van der Waals surface area contributed by atoms with Gasteiger partial charge in [-0.1, -0.05) is 48.5 Å². The van der Waals surface area contributed by atoms with E-state index in [0.29, 0.717) is 5.88 Å². The monoisotopic (exact) mass is 380 g/mol. The van der Waals surface area contributed by atoms with Crippen LogP contribution in [0.5, 0.6) is 11.6 Å². The van der Waals surface area contributed by atoms with E-state index in [-0.39, 0.29) is 17.2 Å². The van der Waals surface area contributed by atoms with Gasteiger partial charge in [0.05, 0.1) is 17.2 Å². The van der Waals surface area contributed by atoms with E-state index in [2.05, 4.69) is 28.4 Å². The van der Waals surface area contributed by atoms with Crippen molar-refractivity contribution in [2.75, 3.05) is 0 Å². The van der Waals surface area contributed by atoms with Gasteiger partial charge in [-0.2, -0.15) is 5.26 Å². The topological polar surface area (TPSA) is 108 Å². The van der Waals surface area contributed by atoms with E-state index in [1.807, 2.05) is 36.4 Å². The Labute approximate surface area is 166 Å². The number of fused-ring (bicyclic) bond motifs is 2. The number of phenolic OH excluding ortho intramolecular Hbond substituents is 1. The molecule has 0 fully saturated rings. The molecule has 4 N–H and O–H groups in total. The third-order valence-electron chi connectivity index (χ3n) is 5.18. The van der Waals surface area contributed by atoms with E-state index in [4.69, 9.17) is 10.5 Å². The Morgan fingerprint density at radius 2 is 1.86 bits per heavy atom. The number of aromatic amines is 1. The highest BCUT2D eigenvalue weighted by Gasteiger charge is 2.35. The van der Waals surface area contributed by atoms with Crippen molar-refractivity contribution in [3.63, 3.8) is 0 Å². The predicted octanol–water partition coefficient (Wildman–Crippen LogP) is 4.15. The molecule has 0 saturated carbocycles. The fourth-order valence-electron chi connectivity index (χ4n) is 3.85. The van der Waals surface area contributed by atoms with Gasteiger partial charge in [-0.15, -0.1) is 5.10 Å². The Kier molecular flexibility index (Phi) is 3.75. The number of benzene rings is 3. The fraction of sp³-hybridized carbons (Fsp3) is 0.0435. The van der Waals surface area contributed by atoms with Crippen LogP contribution in [0.15, 0.2) is 78.2 Å². The van der Waals surface area contributed by atoms with E-state index in [0.717, 1.165) is 33.2 Å². The summed E-state index contributed by atoms with van der Waals surface area (Å²) < 4.78 is 5.64. The molecule has 29 heavy (non-hydrogen) atoms. The maximum Gasteiger partial charge on any atom is 0.244 e. The highest BCUT2D eigenvalue weighted by molar-refractivity contribution is 5.87. The van der Waals surface area contributed by atoms with Crippen LogP contribution in [0.1, 0.15) is 17.0 Å². The Bertz CT molecular complexity index is 1330. The summed E-state index contributed by atoms with van der Waals surface area (Å²) >= 11 is 0. The first kappa shape index (κ1) is 16.9. The molecule has 3 aromatic carbocycles. The third kappa shape index (κ3) is 2.68. The zero-order valence-corrected chi connectivity index (χ0v) is 15.3. The van der Waals surface area contributed by atoms with Gasteiger partial charge in [0, 0.05) is 5.56 Å². The molecule has 0 amide bonds. The zero-order chi connectivity index (χ0) is 20.0. The molecule has 0 aliphatic carbocycles. The summed E-state index contributed by atoms with van der Waals surface area (Å²) in [5.41, 5.74) is 9.42. The SMILES string of the molecule is N#CC1=C(N)Oc2n[nH]c(-c3ccc4ccccc4c3)c2C1c1cccc(O)c1. The number of allylic oxidation sites excluding steroid dienone is 1. The second-order valence-corrected chi connectivity index (χ2v) is 6.90. The van der Waals surface area contributed by atoms with E-state index in [1.165, 1.54) is 0 Å². The van der Waals surface area contributed by atoms with Gasteiger partial charge < -0.3 is 15.6 Å². The first-order chi connectivity index (χ1) is 14.2. The molecule has 2 heterocycles. The molecule has 4 aromatic rings. The lowest BCUT2D eigenvalue weighted by atomic mass is 9.83. The smallest absolute Gasteiger partial charge is 0.244 e. The number of H-pyrrole nitrogens is 1. The Morgan fingerprint density at radius 1 is 1.03 bits per heavy atom. The van der Waals surface area contributed by atoms with Crippen molar-refractivity contribution in [3.05, 3.63) is 89.3 Å². The first-order valence-corrected chi connectivity index (χ1v) is 9.09. The number of nitriles is 1. The number of nitrogens with two attached hydrogens (primary N) is 1. The third-order valence-corrected chi connectivity index (χ3v) is 5.18. The molecule has 1 aromatic heterocycles. The molecular formula is C23H16N4O2. The molecule has 0 radical (unpaired) electrons. The van der Waals surface area contributed by atoms with Crippen molar-refractivity contribution >= 4 is 10.8 Å². The normalized spacial score (nSPS) is 15.6. The Hall–Kier alpha value is -4.24. The Morgan fingerprint density at radius 3 is 2.66 bits per heavy atom. The molecule has 0 spiro atoms. The largest absolute Gasteiger partial charge is 0.508 e. The lowest BCUT2D eigenvalue weighted by molar-refractivity contribution is 0.378. The van der Waals surface area contributed by atoms with Crippen LogP contribution in [0, 0.1) is 11.3 Å². The van der Waals surface area contributed by atoms with Crippen LogP contribution in [0.4, 0.5) is 0 Å². The summed E-state index contributed by atoms with van der Waals surface area (Å²) in [7, 11) is 0. The lowest BCUT2D eigenvalue weighted by Gasteiger charge is -2.24. The van der Waals surface area contributed by atoms with Crippen molar-refractivity contribution in [1.29, 1.82) is 5.26 Å². The van der Waals surface area contributed by atoms with E-state index in [1.54, 1.807) is 18.2 Å². The summed E-state index contributed by atoms with van der Waals surface area (Å²) in [6, 6.07) is 23.2. The van der Waals surface area contributed by atoms with E-state index < -0.39 is 5.92 Å². The van der Waals surface area contributed by atoms with Crippen LogP contribution in [-0.4, -0.2) is 15.3 Å². The van der Waals surface area contributed by atoms with Crippen LogP contribution >= 0.6 is 0 Å². The molecule has 0 bridgehead atoms. The fourth-order valence-corrected chi connectivity index (χ4v) is 3.85. The van der Waals surface area contributed by atoms with E-state index in [9.17, 15) is 10.4 Å². The summed E-state index contributed by atoms with van der Waals surface area (Å²) in [6.07, 6.45) is 0. The van der Waals surface area contributed by atoms with Gasteiger partial charge in [-0.05, 0) is 34.5 Å². The van der Waals surface area contributed by atoms with Gasteiger partial charge in [-0.3, -0.25) is 5.10 Å². The van der Waals surface area contributed by atoms with Crippen LogP contribution in [0.25, 0.3) is 22.0 Å². The summed E-state index contributed by atoms with van der Waals surface area (Å²) in [5, 5.41) is 29.3. The molecule has 1 aliphatic heterocycles. The maximum atomic E-state index is 9.99. The molecule has 140 valence electrons. The molecule has 1 atom stereocenters. The number of nitrogens with one attached hydrogen (secondary N) is 1. The second-order valence-electron chi connectivity index (χ2n) is 6.90. The Balaban J connectivity index is 1.74. The van der Waals surface area contributed by atoms with Crippen molar-refractivity contribution in [1.82, 2.24) is 10.2 Å². The predicted molar refractivity (Wildman–Crippen MR) is 109 cm³/mol. The molecule has 0 saturated heterocycles. The minimum Gasteiger partial charge on any atom is -0.508 e. The highest BCUT2D eigenvalue weighted by Crippen LogP contribution is 2.46. The number of ether oxygens (including phenoxy) is 1. The average molecular weight is 380 g/mol. The number of rotatable bonds is 2. The zero-order valence-electron chi connectivity index (χ0n) is 15.3. The highest BCUT2D eigenvalue weighted by atomic mass is 16.5. The maximum absolute atomic E-state index is 9.99. The molecule has 1 aliphatic rings. The minimum atomic E-state index is -0.504. The van der Waals surface area contributed by atoms with Gasteiger partial charge in [0.1, 0.15) is 17.4 Å². The molecule has 6 nitrogen and oxygen atoms in total. The van der Waals surface area contributed by atoms with Crippen molar-refractivity contribution in [3.8, 4) is 29.0 Å². The standard InChI is InChI=1S/C23H16N4O2/c24-12-18-19(15-6-3-7-17(28)11-15)20-21(26-27-23(20)29-22(18)25)16-9-8-13-4-1-2-5-14(13)10-16/h1-11,19,28H,25H2,(H,26,27). The average Bonchev–Trinajstić information content (AvgIpc) is 3.15.